The van der Waals surface area contributed by atoms with Crippen LogP contribution in [0.4, 0.5) is 17.6 Å². The summed E-state index contributed by atoms with van der Waals surface area (Å²) in [6.07, 6.45) is 3.12. The van der Waals surface area contributed by atoms with Gasteiger partial charge in [-0.15, -0.1) is 0 Å². The molecule has 2 bridgehead atoms. The first-order valence-electron chi connectivity index (χ1n) is 38.7. The number of hydrogen-bond donors (Lipinski definition) is 1. The van der Waals surface area contributed by atoms with E-state index in [0.29, 0.717) is 56.8 Å². The molecule has 2 saturated heterocycles. The van der Waals surface area contributed by atoms with E-state index in [1.165, 1.54) is 25.8 Å². The number of nitriles is 1. The number of ether oxygens (including phenoxy) is 8. The summed E-state index contributed by atoms with van der Waals surface area (Å²) < 4.78 is 127. The highest BCUT2D eigenvalue weighted by atomic mass is 32.2. The number of aromatic hydroxyl groups is 1. The molecular formula is C100H147F4NO19S2. The molecule has 4 fully saturated rings. The lowest BCUT2D eigenvalue weighted by molar-refractivity contribution is -0.172. The van der Waals surface area contributed by atoms with Crippen LogP contribution in [-0.2, 0) is 87.7 Å². The van der Waals surface area contributed by atoms with Crippen molar-refractivity contribution in [3.05, 3.63) is 204 Å². The molecule has 2 heterocycles. The largest absolute Gasteiger partial charge is 0.744 e. The Morgan fingerprint density at radius 2 is 0.976 bits per heavy atom. The summed E-state index contributed by atoms with van der Waals surface area (Å²) in [5.74, 6) is -12.9. The smallest absolute Gasteiger partial charge is 0.347 e. The fraction of sp³-hybridized carbons (Fsp3) is 0.500. The van der Waals surface area contributed by atoms with E-state index < -0.39 is 132 Å². The Bertz CT molecular complexity index is 4470. The van der Waals surface area contributed by atoms with Crippen molar-refractivity contribution in [1.29, 1.82) is 5.26 Å². The molecule has 706 valence electrons. The Labute approximate surface area is 755 Å². The summed E-state index contributed by atoms with van der Waals surface area (Å²) in [6, 6.07) is 60.1. The van der Waals surface area contributed by atoms with Gasteiger partial charge in [0.15, 0.2) is 44.1 Å². The summed E-state index contributed by atoms with van der Waals surface area (Å²) in [5, 5.41) is 18.3. The van der Waals surface area contributed by atoms with Crippen LogP contribution in [0.2, 0.25) is 0 Å². The first-order chi connectivity index (χ1) is 54.7. The van der Waals surface area contributed by atoms with Crippen LogP contribution >= 0.6 is 0 Å². The molecule has 1 N–H and O–H groups in total. The third-order valence-electron chi connectivity index (χ3n) is 21.2. The first-order valence-corrected chi connectivity index (χ1v) is 41.4. The van der Waals surface area contributed by atoms with Gasteiger partial charge in [0.25, 0.3) is 0 Å². The second kappa shape index (κ2) is 56.2. The number of hydrogen-bond acceptors (Lipinski definition) is 20. The molecule has 2 aliphatic heterocycles. The topological polar surface area (TPSA) is 295 Å². The van der Waals surface area contributed by atoms with Gasteiger partial charge < -0.3 is 47.6 Å². The predicted molar refractivity (Wildman–Crippen MR) is 494 cm³/mol. The summed E-state index contributed by atoms with van der Waals surface area (Å²) in [7, 11) is -5.79. The SMILES string of the molecule is C.C.C.C.C.C.C.C.C.C.CCC(C)(C)C(=O)OC(C)c1ccc(-c2ccccc2)cc1.CCC(C)(C)C(=O)OC1CCOC1=O.CCC(C)(C)C(=O)OCC(=O)OC1C2CC3C1OC(=O)C3(C#N)C2.CCC(C)(C)C(=O)OCCCOc1c(F)c(F)c(S(=O)(=O)[O-])c(F)c1F.CCC(C)c1ccc(O)cc1.c1ccc([S+](c2ccccc2)c2ccccc2)cc1. The highest BCUT2D eigenvalue weighted by molar-refractivity contribution is 7.97. The Morgan fingerprint density at radius 1 is 0.563 bits per heavy atom. The third kappa shape index (κ3) is 33.3. The van der Waals surface area contributed by atoms with Crippen molar-refractivity contribution < 1.29 is 107 Å². The molecule has 0 amide bonds. The maximum Gasteiger partial charge on any atom is 0.347 e. The molecule has 0 spiro atoms. The van der Waals surface area contributed by atoms with E-state index >= 15 is 0 Å². The number of rotatable bonds is 26. The number of esters is 7. The minimum Gasteiger partial charge on any atom is -0.744 e. The number of carbonyl (C=O) groups is 7. The number of fused-ring (bicyclic) bond motifs is 1. The monoisotopic (exact) mass is 1810 g/mol. The van der Waals surface area contributed by atoms with Gasteiger partial charge in [0.05, 0.1) is 58.4 Å². The maximum atomic E-state index is 13.7. The average Bonchev–Trinajstić information content (AvgIpc) is 1.54. The number of halogens is 4. The number of carbonyl (C=O) groups excluding carboxylic acids is 7. The van der Waals surface area contributed by atoms with E-state index in [1.54, 1.807) is 60.6 Å². The van der Waals surface area contributed by atoms with E-state index in [2.05, 4.69) is 140 Å². The number of phenolic OH excluding ortho intramolecular Hbond substituents is 1. The van der Waals surface area contributed by atoms with Crippen LogP contribution in [0.1, 0.15) is 259 Å². The van der Waals surface area contributed by atoms with Crippen molar-refractivity contribution in [2.75, 3.05) is 26.4 Å². The van der Waals surface area contributed by atoms with Crippen LogP contribution in [-0.4, -0.2) is 105 Å². The molecule has 20 nitrogen and oxygen atoms in total. The second-order valence-electron chi connectivity index (χ2n) is 31.0. The minimum atomic E-state index is -5.77. The fourth-order valence-corrected chi connectivity index (χ4v) is 14.6. The van der Waals surface area contributed by atoms with Crippen molar-refractivity contribution in [2.45, 2.75) is 286 Å². The molecule has 2 saturated carbocycles. The zero-order valence-corrected chi connectivity index (χ0v) is 70.1. The van der Waals surface area contributed by atoms with Gasteiger partial charge in [-0.1, -0.05) is 237 Å². The zero-order valence-electron chi connectivity index (χ0n) is 68.5. The summed E-state index contributed by atoms with van der Waals surface area (Å²) in [5.41, 5.74) is 1.27. The molecular weight excluding hydrogens is 1660 g/mol. The normalized spacial score (nSPS) is 16.8. The van der Waals surface area contributed by atoms with Crippen LogP contribution in [0.3, 0.4) is 0 Å². The van der Waals surface area contributed by atoms with Crippen LogP contribution in [0.25, 0.3) is 11.1 Å². The van der Waals surface area contributed by atoms with Gasteiger partial charge in [0.1, 0.15) is 39.1 Å². The molecule has 7 aromatic carbocycles. The molecule has 7 aromatic rings. The first kappa shape index (κ1) is 124. The van der Waals surface area contributed by atoms with E-state index in [-0.39, 0.29) is 128 Å². The lowest BCUT2D eigenvalue weighted by Crippen LogP contribution is -2.40. The van der Waals surface area contributed by atoms with Gasteiger partial charge in [-0.05, 0) is 184 Å². The lowest BCUT2D eigenvalue weighted by Gasteiger charge is -2.28. The summed E-state index contributed by atoms with van der Waals surface area (Å²) in [6.45, 7) is 27.3. The van der Waals surface area contributed by atoms with Crippen LogP contribution in [0.5, 0.6) is 11.5 Å². The van der Waals surface area contributed by atoms with Crippen LogP contribution in [0.15, 0.2) is 189 Å². The van der Waals surface area contributed by atoms with Gasteiger partial charge in [-0.25, -0.2) is 26.8 Å². The standard InChI is InChI=1S/C20H24O2.C18H15S.C17H21NO6.C15H18F4O6S.C10H16O4.C10H14O.10CH4/c1-5-20(3,4)19(21)22-15(2)16-11-13-18(14-12-16)17-9-7-6-8-10-17;1-4-10-16(11-5-1)19(17-12-6-2-7-13-17)18-14-8-3-9-15-18;1-4-16(2,3)14(20)22-7-11(19)23-12-9-5-10-13(12)24-15(21)17(10,6-9)8-18;1-4-15(2,3)14(20)25-7-5-6-24-12-8(16)10(18)13(26(21,22)23)11(19)9(12)17;1-4-10(2,3)9(12)14-7-5-6-13-8(7)11;1-3-8(2)9-4-6-10(11)7-5-9;;;;;;;;;;/h6-15H,5H2,1-4H3;1-15H;9-10,12-13H,4-7H2,1-3H3;4-7H2,1-3H3,(H,21,22,23);7H,4-6H2,1-3H3;4-8,11H,3H2,1-2H3;10*1H4/q;+1;;;;;;;;;;;;;;/p-1. The molecule has 4 aliphatic rings. The summed E-state index contributed by atoms with van der Waals surface area (Å²) >= 11 is 0. The maximum absolute atomic E-state index is 13.7. The zero-order chi connectivity index (χ0) is 86.1. The number of cyclic esters (lactones) is 1. The second-order valence-corrected chi connectivity index (χ2v) is 34.3. The van der Waals surface area contributed by atoms with Gasteiger partial charge in [0, 0.05) is 24.7 Å². The molecule has 126 heavy (non-hydrogen) atoms. The van der Waals surface area contributed by atoms with E-state index in [1.807, 2.05) is 84.0 Å². The van der Waals surface area contributed by atoms with Crippen molar-refractivity contribution in [3.8, 4) is 28.7 Å². The molecule has 0 aromatic heterocycles. The number of nitrogens with zero attached hydrogens (tertiary/aromatic N) is 1. The molecule has 11 rings (SSSR count). The van der Waals surface area contributed by atoms with Gasteiger partial charge in [-0.3, -0.25) is 24.0 Å². The van der Waals surface area contributed by atoms with Crippen molar-refractivity contribution in [2.24, 2.45) is 38.9 Å². The van der Waals surface area contributed by atoms with E-state index in [9.17, 15) is 69.4 Å². The molecule has 8 unspecified atom stereocenters. The number of benzene rings is 7. The lowest BCUT2D eigenvalue weighted by atomic mass is 9.75. The highest BCUT2D eigenvalue weighted by Gasteiger charge is 2.72. The fourth-order valence-electron chi connectivity index (χ4n) is 11.9. The molecule has 8 atom stereocenters. The molecule has 2 aliphatic carbocycles. The number of phenols is 1. The van der Waals surface area contributed by atoms with Gasteiger partial charge in [-0.2, -0.15) is 14.0 Å². The Morgan fingerprint density at radius 3 is 1.39 bits per heavy atom. The van der Waals surface area contributed by atoms with E-state index in [4.69, 9.17) is 38.3 Å². The van der Waals surface area contributed by atoms with Crippen LogP contribution in [0, 0.1) is 73.5 Å². The third-order valence-corrected chi connectivity index (χ3v) is 24.3. The quantitative estimate of drug-likeness (QED) is 0.0100. The predicted octanol–water partition coefficient (Wildman–Crippen LogP) is 25.0. The minimum absolute atomic E-state index is 0. The Hall–Kier alpha value is -10.1. The van der Waals surface area contributed by atoms with E-state index in [0.717, 1.165) is 24.0 Å². The van der Waals surface area contributed by atoms with Crippen molar-refractivity contribution in [1.82, 2.24) is 0 Å². The Kier molecular flexibility index (Phi) is 55.5. The molecule has 0 radical (unpaired) electrons. The Balaban J connectivity index is -0.000000465. The van der Waals surface area contributed by atoms with Crippen LogP contribution < -0.4 is 4.74 Å². The average molecular weight is 1810 g/mol. The highest BCUT2D eigenvalue weighted by Crippen LogP contribution is 2.62. The summed E-state index contributed by atoms with van der Waals surface area (Å²) in [4.78, 5) is 84.1. The molecule has 26 heteroatoms. The van der Waals surface area contributed by atoms with Gasteiger partial charge in [0.2, 0.25) is 17.7 Å². The van der Waals surface area contributed by atoms with Crippen molar-refractivity contribution in [3.63, 3.8) is 0 Å². The van der Waals surface area contributed by atoms with Gasteiger partial charge >= 0.3 is 41.8 Å². The van der Waals surface area contributed by atoms with Crippen molar-refractivity contribution >= 4 is 62.8 Å².